The Hall–Kier alpha value is -1.05. The summed E-state index contributed by atoms with van der Waals surface area (Å²) in [6, 6.07) is 2.68. The lowest BCUT2D eigenvalue weighted by molar-refractivity contribution is 0.0908. The highest BCUT2D eigenvalue weighted by Gasteiger charge is 2.35. The van der Waals surface area contributed by atoms with Crippen LogP contribution in [0.3, 0.4) is 0 Å². The van der Waals surface area contributed by atoms with E-state index in [0.717, 1.165) is 17.9 Å². The van der Waals surface area contributed by atoms with Crippen molar-refractivity contribution in [3.63, 3.8) is 0 Å². The number of fused-ring (bicyclic) bond motifs is 1. The maximum absolute atomic E-state index is 12.5. The molecule has 1 fully saturated rings. The third-order valence-electron chi connectivity index (χ3n) is 5.66. The summed E-state index contributed by atoms with van der Waals surface area (Å²) in [6.07, 6.45) is 8.59. The van der Waals surface area contributed by atoms with Crippen LogP contribution in [0.25, 0.3) is 0 Å². The van der Waals surface area contributed by atoms with Crippen LogP contribution in [-0.4, -0.2) is 10.4 Å². The minimum absolute atomic E-state index is 0.110. The van der Waals surface area contributed by atoms with E-state index in [-0.39, 0.29) is 5.41 Å². The second kappa shape index (κ2) is 5.30. The minimum atomic E-state index is 0.110. The summed E-state index contributed by atoms with van der Waals surface area (Å²) in [5.74, 6) is 1.13. The third kappa shape index (κ3) is 2.69. The lowest BCUT2D eigenvalue weighted by atomic mass is 9.76. The molecule has 2 aliphatic carbocycles. The van der Waals surface area contributed by atoms with Crippen molar-refractivity contribution in [2.75, 3.05) is 0 Å². The van der Waals surface area contributed by atoms with E-state index in [4.69, 9.17) is 0 Å². The Morgan fingerprint density at radius 3 is 2.52 bits per heavy atom. The smallest absolute Gasteiger partial charge is 0.165 e. The molecular weight excluding hydrogens is 258 g/mol. The minimum Gasteiger partial charge on any atom is -0.345 e. The van der Waals surface area contributed by atoms with E-state index in [2.05, 4.69) is 38.3 Å². The topological polar surface area (TPSA) is 22.0 Å². The third-order valence-corrected chi connectivity index (χ3v) is 5.66. The molecule has 0 aromatic carbocycles. The molecule has 1 aromatic heterocycles. The summed E-state index contributed by atoms with van der Waals surface area (Å²) < 4.78 is 2.50. The van der Waals surface area contributed by atoms with Crippen molar-refractivity contribution in [1.82, 2.24) is 4.57 Å². The van der Waals surface area contributed by atoms with Gasteiger partial charge in [-0.1, -0.05) is 33.1 Å². The first-order valence-corrected chi connectivity index (χ1v) is 8.63. The van der Waals surface area contributed by atoms with Crippen LogP contribution < -0.4 is 0 Å². The van der Waals surface area contributed by atoms with Gasteiger partial charge in [0.1, 0.15) is 0 Å². The fourth-order valence-electron chi connectivity index (χ4n) is 4.57. The first kappa shape index (κ1) is 14.9. The largest absolute Gasteiger partial charge is 0.345 e. The molecule has 21 heavy (non-hydrogen) atoms. The van der Waals surface area contributed by atoms with E-state index in [1.807, 2.05) is 0 Å². The predicted octanol–water partition coefficient (Wildman–Crippen LogP) is 5.09. The maximum Gasteiger partial charge on any atom is 0.165 e. The molecule has 0 saturated heterocycles. The zero-order chi connectivity index (χ0) is 15.2. The van der Waals surface area contributed by atoms with Gasteiger partial charge in [0.05, 0.1) is 0 Å². The second-order valence-electron chi connectivity index (χ2n) is 8.10. The molecule has 0 aliphatic heterocycles. The highest BCUT2D eigenvalue weighted by molar-refractivity contribution is 5.99. The van der Waals surface area contributed by atoms with Crippen LogP contribution in [0.2, 0.25) is 0 Å². The molecule has 0 spiro atoms. The molecule has 3 rings (SSSR count). The van der Waals surface area contributed by atoms with Gasteiger partial charge in [0, 0.05) is 29.4 Å². The first-order chi connectivity index (χ1) is 9.89. The second-order valence-corrected chi connectivity index (χ2v) is 8.10. The SMILES string of the molecule is Cc1cc2c(n1C(C)C1CCCCC1)CC(C)(C)CC2=O. The van der Waals surface area contributed by atoms with Gasteiger partial charge >= 0.3 is 0 Å². The van der Waals surface area contributed by atoms with Crippen molar-refractivity contribution < 1.29 is 4.79 Å². The fraction of sp³-hybridized carbons (Fsp3) is 0.737. The molecule has 0 N–H and O–H groups in total. The van der Waals surface area contributed by atoms with Gasteiger partial charge in [-0.05, 0) is 50.5 Å². The number of ketones is 1. The van der Waals surface area contributed by atoms with Crippen LogP contribution in [0, 0.1) is 18.3 Å². The fourth-order valence-corrected chi connectivity index (χ4v) is 4.57. The van der Waals surface area contributed by atoms with E-state index in [1.165, 1.54) is 43.5 Å². The molecule has 2 nitrogen and oxygen atoms in total. The van der Waals surface area contributed by atoms with Crippen LogP contribution in [0.15, 0.2) is 6.07 Å². The van der Waals surface area contributed by atoms with Crippen LogP contribution in [0.1, 0.15) is 87.1 Å². The number of carbonyl (C=O) groups is 1. The number of carbonyl (C=O) groups excluding carboxylic acids is 1. The summed E-state index contributed by atoms with van der Waals surface area (Å²) in [4.78, 5) is 12.5. The van der Waals surface area contributed by atoms with E-state index in [1.54, 1.807) is 0 Å². The molecule has 1 saturated carbocycles. The Morgan fingerprint density at radius 2 is 1.86 bits per heavy atom. The van der Waals surface area contributed by atoms with Crippen molar-refractivity contribution in [2.24, 2.45) is 11.3 Å². The van der Waals surface area contributed by atoms with Gasteiger partial charge < -0.3 is 4.57 Å². The predicted molar refractivity (Wildman–Crippen MR) is 86.9 cm³/mol. The van der Waals surface area contributed by atoms with Gasteiger partial charge in [-0.15, -0.1) is 0 Å². The number of Topliss-reactive ketones (excluding diaryl/α,β-unsaturated/α-hetero) is 1. The van der Waals surface area contributed by atoms with Crippen LogP contribution >= 0.6 is 0 Å². The van der Waals surface area contributed by atoms with Gasteiger partial charge in [0.25, 0.3) is 0 Å². The quantitative estimate of drug-likeness (QED) is 0.742. The van der Waals surface area contributed by atoms with Gasteiger partial charge in [0.2, 0.25) is 0 Å². The molecule has 0 amide bonds. The zero-order valence-electron chi connectivity index (χ0n) is 14.0. The molecule has 2 aliphatic rings. The number of rotatable bonds is 2. The molecular formula is C19H29NO. The van der Waals surface area contributed by atoms with E-state index < -0.39 is 0 Å². The first-order valence-electron chi connectivity index (χ1n) is 8.63. The van der Waals surface area contributed by atoms with Gasteiger partial charge in [-0.3, -0.25) is 4.79 Å². The zero-order valence-corrected chi connectivity index (χ0v) is 14.0. The lowest BCUT2D eigenvalue weighted by Gasteiger charge is -2.35. The lowest BCUT2D eigenvalue weighted by Crippen LogP contribution is -2.30. The molecule has 1 unspecified atom stereocenters. The Kier molecular flexibility index (Phi) is 3.75. The Bertz CT molecular complexity index is 546. The summed E-state index contributed by atoms with van der Waals surface area (Å²) in [7, 11) is 0. The number of aryl methyl sites for hydroxylation is 1. The number of aromatic nitrogens is 1. The van der Waals surface area contributed by atoms with Gasteiger partial charge in [-0.25, -0.2) is 0 Å². The van der Waals surface area contributed by atoms with Gasteiger partial charge in [-0.2, -0.15) is 0 Å². The summed E-state index contributed by atoms with van der Waals surface area (Å²) in [6.45, 7) is 9.00. The van der Waals surface area contributed by atoms with Crippen molar-refractivity contribution >= 4 is 5.78 Å². The standard InChI is InChI=1S/C19H29NO/c1-13-10-16-17(11-19(3,4)12-18(16)21)20(13)14(2)15-8-6-5-7-9-15/h10,14-15H,5-9,11-12H2,1-4H3. The average Bonchev–Trinajstić information content (AvgIpc) is 2.74. The van der Waals surface area contributed by atoms with Crippen LogP contribution in [0.4, 0.5) is 0 Å². The highest BCUT2D eigenvalue weighted by atomic mass is 16.1. The van der Waals surface area contributed by atoms with E-state index >= 15 is 0 Å². The van der Waals surface area contributed by atoms with E-state index in [0.29, 0.717) is 18.2 Å². The molecule has 1 atom stereocenters. The Morgan fingerprint density at radius 1 is 1.19 bits per heavy atom. The average molecular weight is 287 g/mol. The summed E-state index contributed by atoms with van der Waals surface area (Å²) in [5, 5.41) is 0. The van der Waals surface area contributed by atoms with Crippen molar-refractivity contribution in [2.45, 2.75) is 78.7 Å². The Labute approximate surface area is 128 Å². The van der Waals surface area contributed by atoms with E-state index in [9.17, 15) is 4.79 Å². The molecule has 0 bridgehead atoms. The molecule has 0 radical (unpaired) electrons. The number of hydrogen-bond acceptors (Lipinski definition) is 1. The molecule has 1 heterocycles. The number of nitrogens with zero attached hydrogens (tertiary/aromatic N) is 1. The molecule has 2 heteroatoms. The normalized spacial score (nSPS) is 23.9. The number of hydrogen-bond donors (Lipinski definition) is 0. The van der Waals surface area contributed by atoms with Crippen molar-refractivity contribution in [1.29, 1.82) is 0 Å². The van der Waals surface area contributed by atoms with Crippen molar-refractivity contribution in [3.05, 3.63) is 23.0 Å². The maximum atomic E-state index is 12.5. The monoisotopic (exact) mass is 287 g/mol. The molecule has 1 aromatic rings. The summed E-state index contributed by atoms with van der Waals surface area (Å²) in [5.41, 5.74) is 3.71. The summed E-state index contributed by atoms with van der Waals surface area (Å²) >= 11 is 0. The molecule has 116 valence electrons. The van der Waals surface area contributed by atoms with Crippen LogP contribution in [-0.2, 0) is 6.42 Å². The van der Waals surface area contributed by atoms with Crippen molar-refractivity contribution in [3.8, 4) is 0 Å². The highest BCUT2D eigenvalue weighted by Crippen LogP contribution is 2.40. The van der Waals surface area contributed by atoms with Crippen LogP contribution in [0.5, 0.6) is 0 Å². The Balaban J connectivity index is 1.97. The van der Waals surface area contributed by atoms with Gasteiger partial charge in [0.15, 0.2) is 5.78 Å².